The van der Waals surface area contributed by atoms with Gasteiger partial charge in [-0.1, -0.05) is 57.3 Å². The minimum absolute atomic E-state index is 0.534. The van der Waals surface area contributed by atoms with Crippen molar-refractivity contribution in [3.8, 4) is 5.75 Å². The molecule has 19 heavy (non-hydrogen) atoms. The standard InChI is InChI=1S/C14H12BrCl2NO/c15-10-8-12(16)14(13(17)9-10)18-6-7-19-11-4-2-1-3-5-11/h1-5,8-9,18H,6-7H2. The monoisotopic (exact) mass is 359 g/mol. The molecule has 5 heteroatoms. The summed E-state index contributed by atoms with van der Waals surface area (Å²) in [4.78, 5) is 0. The molecule has 2 nitrogen and oxygen atoms in total. The summed E-state index contributed by atoms with van der Waals surface area (Å²) in [7, 11) is 0. The summed E-state index contributed by atoms with van der Waals surface area (Å²) in [6, 6.07) is 13.3. The third-order valence-corrected chi connectivity index (χ3v) is 3.48. The van der Waals surface area contributed by atoms with Gasteiger partial charge in [0.05, 0.1) is 15.7 Å². The number of halogens is 3. The van der Waals surface area contributed by atoms with E-state index in [0.717, 1.165) is 15.9 Å². The van der Waals surface area contributed by atoms with Gasteiger partial charge in [-0.05, 0) is 24.3 Å². The lowest BCUT2D eigenvalue weighted by molar-refractivity contribution is 0.333. The van der Waals surface area contributed by atoms with Crippen molar-refractivity contribution in [3.63, 3.8) is 0 Å². The van der Waals surface area contributed by atoms with Crippen molar-refractivity contribution in [1.29, 1.82) is 0 Å². The highest BCUT2D eigenvalue weighted by Crippen LogP contribution is 2.33. The highest BCUT2D eigenvalue weighted by Gasteiger charge is 2.06. The Morgan fingerprint density at radius 3 is 2.32 bits per heavy atom. The van der Waals surface area contributed by atoms with Gasteiger partial charge in [0.1, 0.15) is 12.4 Å². The third-order valence-electron chi connectivity index (χ3n) is 2.42. The summed E-state index contributed by atoms with van der Waals surface area (Å²) in [5.74, 6) is 0.845. The van der Waals surface area contributed by atoms with Gasteiger partial charge in [0.2, 0.25) is 0 Å². The van der Waals surface area contributed by atoms with E-state index in [1.165, 1.54) is 0 Å². The van der Waals surface area contributed by atoms with E-state index in [1.807, 2.05) is 30.3 Å². The van der Waals surface area contributed by atoms with Crippen molar-refractivity contribution in [1.82, 2.24) is 0 Å². The Morgan fingerprint density at radius 2 is 1.68 bits per heavy atom. The molecule has 0 aromatic heterocycles. The van der Waals surface area contributed by atoms with E-state index in [4.69, 9.17) is 27.9 Å². The number of benzene rings is 2. The molecule has 0 spiro atoms. The maximum atomic E-state index is 6.11. The molecule has 2 rings (SSSR count). The van der Waals surface area contributed by atoms with Gasteiger partial charge in [0.15, 0.2) is 0 Å². The van der Waals surface area contributed by atoms with Crippen molar-refractivity contribution >= 4 is 44.8 Å². The van der Waals surface area contributed by atoms with Crippen LogP contribution in [0.4, 0.5) is 5.69 Å². The van der Waals surface area contributed by atoms with Crippen LogP contribution in [-0.4, -0.2) is 13.2 Å². The Hall–Kier alpha value is -0.900. The molecule has 1 N–H and O–H groups in total. The van der Waals surface area contributed by atoms with Crippen LogP contribution in [0.2, 0.25) is 10.0 Å². The normalized spacial score (nSPS) is 10.3. The second-order valence-corrected chi connectivity index (χ2v) is 5.56. The average molecular weight is 361 g/mol. The second-order valence-electron chi connectivity index (χ2n) is 3.83. The van der Waals surface area contributed by atoms with Crippen LogP contribution in [0, 0.1) is 0 Å². The predicted molar refractivity (Wildman–Crippen MR) is 84.6 cm³/mol. The first-order chi connectivity index (χ1) is 9.16. The molecule has 0 fully saturated rings. The van der Waals surface area contributed by atoms with E-state index in [-0.39, 0.29) is 0 Å². The van der Waals surface area contributed by atoms with Crippen molar-refractivity contribution in [2.75, 3.05) is 18.5 Å². The number of para-hydroxylation sites is 1. The molecule has 0 saturated heterocycles. The Kier molecular flexibility index (Phi) is 5.37. The SMILES string of the molecule is Clc1cc(Br)cc(Cl)c1NCCOc1ccccc1. The number of hydrogen-bond donors (Lipinski definition) is 1. The first-order valence-electron chi connectivity index (χ1n) is 5.73. The summed E-state index contributed by atoms with van der Waals surface area (Å²) in [6.07, 6.45) is 0. The molecular formula is C14H12BrCl2NO. The van der Waals surface area contributed by atoms with Crippen molar-refractivity contribution in [3.05, 3.63) is 57.0 Å². The van der Waals surface area contributed by atoms with Gasteiger partial charge < -0.3 is 10.1 Å². The van der Waals surface area contributed by atoms with Gasteiger partial charge >= 0.3 is 0 Å². The third kappa shape index (κ3) is 4.30. The Labute approximate surface area is 130 Å². The fraction of sp³-hybridized carbons (Fsp3) is 0.143. The zero-order valence-electron chi connectivity index (χ0n) is 10.00. The summed E-state index contributed by atoms with van der Waals surface area (Å²) in [5, 5.41) is 4.33. The van der Waals surface area contributed by atoms with Crippen molar-refractivity contribution in [2.45, 2.75) is 0 Å². The smallest absolute Gasteiger partial charge is 0.119 e. The molecule has 0 heterocycles. The molecule has 2 aromatic carbocycles. The molecule has 0 saturated carbocycles. The number of anilines is 1. The lowest BCUT2D eigenvalue weighted by Crippen LogP contribution is -2.12. The molecule has 0 radical (unpaired) electrons. The molecule has 0 amide bonds. The summed E-state index contributed by atoms with van der Waals surface area (Å²) in [5.41, 5.74) is 0.725. The zero-order chi connectivity index (χ0) is 13.7. The van der Waals surface area contributed by atoms with Crippen LogP contribution in [0.1, 0.15) is 0 Å². The van der Waals surface area contributed by atoms with Crippen LogP contribution >= 0.6 is 39.1 Å². The minimum Gasteiger partial charge on any atom is -0.492 e. The van der Waals surface area contributed by atoms with Crippen molar-refractivity contribution in [2.24, 2.45) is 0 Å². The van der Waals surface area contributed by atoms with Gasteiger partial charge in [-0.3, -0.25) is 0 Å². The quantitative estimate of drug-likeness (QED) is 0.735. The lowest BCUT2D eigenvalue weighted by Gasteiger charge is -2.11. The molecule has 100 valence electrons. The molecular weight excluding hydrogens is 349 g/mol. The first kappa shape index (κ1) is 14.5. The molecule has 0 bridgehead atoms. The topological polar surface area (TPSA) is 21.3 Å². The van der Waals surface area contributed by atoms with E-state index in [1.54, 1.807) is 12.1 Å². The van der Waals surface area contributed by atoms with E-state index in [9.17, 15) is 0 Å². The Bertz CT molecular complexity index is 525. The van der Waals surface area contributed by atoms with E-state index in [2.05, 4.69) is 21.2 Å². The van der Waals surface area contributed by atoms with Crippen LogP contribution < -0.4 is 10.1 Å². The summed E-state index contributed by atoms with van der Waals surface area (Å²) < 4.78 is 6.43. The molecule has 0 unspecified atom stereocenters. The van der Waals surface area contributed by atoms with Crippen LogP contribution in [0.25, 0.3) is 0 Å². The van der Waals surface area contributed by atoms with Crippen LogP contribution in [0.5, 0.6) is 5.75 Å². The molecule has 0 atom stereocenters. The second kappa shape index (κ2) is 7.04. The minimum atomic E-state index is 0.534. The van der Waals surface area contributed by atoms with Gasteiger partial charge in [-0.2, -0.15) is 0 Å². The van der Waals surface area contributed by atoms with Crippen LogP contribution in [-0.2, 0) is 0 Å². The van der Waals surface area contributed by atoms with E-state index in [0.29, 0.717) is 23.2 Å². The van der Waals surface area contributed by atoms with E-state index >= 15 is 0 Å². The largest absolute Gasteiger partial charge is 0.492 e. The lowest BCUT2D eigenvalue weighted by atomic mass is 10.3. The molecule has 0 aliphatic rings. The van der Waals surface area contributed by atoms with Crippen LogP contribution in [0.15, 0.2) is 46.9 Å². The highest BCUT2D eigenvalue weighted by atomic mass is 79.9. The predicted octanol–water partition coefficient (Wildman–Crippen LogP) is 5.25. The van der Waals surface area contributed by atoms with Gasteiger partial charge in [-0.25, -0.2) is 0 Å². The van der Waals surface area contributed by atoms with Gasteiger partial charge in [0, 0.05) is 11.0 Å². The molecule has 0 aliphatic heterocycles. The maximum Gasteiger partial charge on any atom is 0.119 e. The average Bonchev–Trinajstić information content (AvgIpc) is 2.38. The highest BCUT2D eigenvalue weighted by molar-refractivity contribution is 9.10. The van der Waals surface area contributed by atoms with E-state index < -0.39 is 0 Å². The molecule has 0 aliphatic carbocycles. The first-order valence-corrected chi connectivity index (χ1v) is 7.28. The number of rotatable bonds is 5. The van der Waals surface area contributed by atoms with Crippen molar-refractivity contribution < 1.29 is 4.74 Å². The fourth-order valence-electron chi connectivity index (χ4n) is 1.57. The number of nitrogens with one attached hydrogen (secondary N) is 1. The summed E-state index contributed by atoms with van der Waals surface area (Å²) >= 11 is 15.6. The van der Waals surface area contributed by atoms with Crippen LogP contribution in [0.3, 0.4) is 0 Å². The molecule has 2 aromatic rings. The summed E-state index contributed by atoms with van der Waals surface area (Å²) in [6.45, 7) is 1.16. The number of hydrogen-bond acceptors (Lipinski definition) is 2. The maximum absolute atomic E-state index is 6.11. The zero-order valence-corrected chi connectivity index (χ0v) is 13.1. The number of ether oxygens (including phenoxy) is 1. The Balaban J connectivity index is 1.86. The fourth-order valence-corrected chi connectivity index (χ4v) is 2.91. The van der Waals surface area contributed by atoms with Gasteiger partial charge in [0.25, 0.3) is 0 Å². The van der Waals surface area contributed by atoms with Gasteiger partial charge in [-0.15, -0.1) is 0 Å². The Morgan fingerprint density at radius 1 is 1.05 bits per heavy atom.